The minimum absolute atomic E-state index is 0.130. The minimum Gasteiger partial charge on any atom is -0.388 e. The van der Waals surface area contributed by atoms with Crippen molar-refractivity contribution in [3.05, 3.63) is 11.6 Å². The number of fused-ring (bicyclic) bond motifs is 5. The van der Waals surface area contributed by atoms with Gasteiger partial charge in [0.1, 0.15) is 11.9 Å². The molecule has 0 aromatic rings. The van der Waals surface area contributed by atoms with E-state index in [2.05, 4.69) is 40.7 Å². The van der Waals surface area contributed by atoms with Gasteiger partial charge in [-0.25, -0.2) is 0 Å². The van der Waals surface area contributed by atoms with Crippen LogP contribution >= 0.6 is 0 Å². The van der Waals surface area contributed by atoms with E-state index in [1.165, 1.54) is 19.3 Å². The minimum atomic E-state index is -1.21. The number of hydrogen-bond acceptors (Lipinski definition) is 5. The van der Waals surface area contributed by atoms with Gasteiger partial charge in [-0.15, -0.1) is 0 Å². The van der Waals surface area contributed by atoms with Crippen molar-refractivity contribution in [1.82, 2.24) is 0 Å². The summed E-state index contributed by atoms with van der Waals surface area (Å²) in [4.78, 5) is 12.9. The molecular weight excluding hydrogens is 452 g/mol. The zero-order chi connectivity index (χ0) is 26.5. The second kappa shape index (κ2) is 8.37. The number of carbonyl (C=O) groups is 1. The van der Waals surface area contributed by atoms with Crippen LogP contribution in [0.5, 0.6) is 0 Å². The predicted octanol–water partition coefficient (Wildman–Crippen LogP) is 5.67. The van der Waals surface area contributed by atoms with E-state index in [0.29, 0.717) is 23.5 Å². The molecule has 1 heterocycles. The Hall–Kier alpha value is -0.750. The summed E-state index contributed by atoms with van der Waals surface area (Å²) in [6.07, 6.45) is 9.03. The van der Waals surface area contributed by atoms with Crippen molar-refractivity contribution >= 4 is 5.78 Å². The van der Waals surface area contributed by atoms with E-state index in [1.54, 1.807) is 26.5 Å². The lowest BCUT2D eigenvalue weighted by Crippen LogP contribution is -2.57. The first-order valence-corrected chi connectivity index (χ1v) is 14.4. The van der Waals surface area contributed by atoms with Gasteiger partial charge in [-0.1, -0.05) is 46.3 Å². The smallest absolute Gasteiger partial charge is 0.160 e. The molecule has 1 saturated heterocycles. The van der Waals surface area contributed by atoms with Crippen LogP contribution in [0.4, 0.5) is 0 Å². The SMILES string of the molecule is CO[C@H]1O[C@@H]([C@H](O)C(C)(C)O)C[C@H]1[C@H]1CC[C@]2(C)C3=CC[C@@H]4C(C)(C)C(=O)CC[C@@]4(C)[C@H]3CC[C@@]12C. The fourth-order valence-corrected chi connectivity index (χ4v) is 10.2. The maximum absolute atomic E-state index is 12.9. The Bertz CT molecular complexity index is 932. The summed E-state index contributed by atoms with van der Waals surface area (Å²) in [5.74, 6) is 2.09. The predicted molar refractivity (Wildman–Crippen MR) is 140 cm³/mol. The molecule has 0 amide bonds. The van der Waals surface area contributed by atoms with Gasteiger partial charge >= 0.3 is 0 Å². The van der Waals surface area contributed by atoms with E-state index in [-0.39, 0.29) is 33.9 Å². The van der Waals surface area contributed by atoms with Gasteiger partial charge in [0.2, 0.25) is 0 Å². The Morgan fingerprint density at radius 1 is 1.11 bits per heavy atom. The van der Waals surface area contributed by atoms with Gasteiger partial charge in [0, 0.05) is 24.9 Å². The van der Waals surface area contributed by atoms with Gasteiger partial charge in [0.15, 0.2) is 6.29 Å². The molecular formula is C31H50O5. The number of ether oxygens (including phenoxy) is 2. The number of allylic oxidation sites excluding steroid dienone is 2. The molecule has 1 aliphatic heterocycles. The molecule has 0 unspecified atom stereocenters. The largest absolute Gasteiger partial charge is 0.388 e. The van der Waals surface area contributed by atoms with Gasteiger partial charge in [-0.05, 0) is 92.8 Å². The van der Waals surface area contributed by atoms with E-state index in [9.17, 15) is 15.0 Å². The number of aliphatic hydroxyl groups excluding tert-OH is 1. The molecule has 2 N–H and O–H groups in total. The Morgan fingerprint density at radius 2 is 1.81 bits per heavy atom. The summed E-state index contributed by atoms with van der Waals surface area (Å²) in [5.41, 5.74) is 0.681. The van der Waals surface area contributed by atoms with Crippen LogP contribution in [-0.2, 0) is 14.3 Å². The van der Waals surface area contributed by atoms with Crippen LogP contribution in [0.1, 0.15) is 99.8 Å². The third-order valence-electron chi connectivity index (χ3n) is 12.6. The van der Waals surface area contributed by atoms with E-state index >= 15 is 0 Å². The Balaban J connectivity index is 1.45. The zero-order valence-corrected chi connectivity index (χ0v) is 23.9. The monoisotopic (exact) mass is 502 g/mol. The zero-order valence-electron chi connectivity index (χ0n) is 23.9. The van der Waals surface area contributed by atoms with Crippen LogP contribution in [0.25, 0.3) is 0 Å². The van der Waals surface area contributed by atoms with Gasteiger partial charge < -0.3 is 19.7 Å². The molecule has 36 heavy (non-hydrogen) atoms. The van der Waals surface area contributed by atoms with Crippen LogP contribution in [-0.4, -0.2) is 47.2 Å². The van der Waals surface area contributed by atoms with E-state index in [1.807, 2.05) is 0 Å². The first-order chi connectivity index (χ1) is 16.6. The molecule has 5 nitrogen and oxygen atoms in total. The van der Waals surface area contributed by atoms with E-state index < -0.39 is 17.8 Å². The van der Waals surface area contributed by atoms with E-state index in [4.69, 9.17) is 9.47 Å². The molecule has 0 radical (unpaired) electrons. The first-order valence-electron chi connectivity index (χ1n) is 14.4. The van der Waals surface area contributed by atoms with Crippen molar-refractivity contribution in [3.63, 3.8) is 0 Å². The highest BCUT2D eigenvalue weighted by atomic mass is 16.7. The number of methoxy groups -OCH3 is 1. The van der Waals surface area contributed by atoms with Crippen LogP contribution in [0.3, 0.4) is 0 Å². The average molecular weight is 503 g/mol. The number of carbonyl (C=O) groups excluding carboxylic acids is 1. The molecule has 0 bridgehead atoms. The maximum atomic E-state index is 12.9. The van der Waals surface area contributed by atoms with Gasteiger partial charge in [0.25, 0.3) is 0 Å². The topological polar surface area (TPSA) is 76.0 Å². The lowest BCUT2D eigenvalue weighted by molar-refractivity contribution is -0.184. The molecule has 0 aromatic carbocycles. The average Bonchev–Trinajstić information content (AvgIpc) is 3.33. The molecule has 204 valence electrons. The van der Waals surface area contributed by atoms with Crippen molar-refractivity contribution in [1.29, 1.82) is 0 Å². The highest BCUT2D eigenvalue weighted by Crippen LogP contribution is 2.73. The van der Waals surface area contributed by atoms with Crippen molar-refractivity contribution in [2.24, 2.45) is 45.3 Å². The molecule has 4 aliphatic carbocycles. The highest BCUT2D eigenvalue weighted by molar-refractivity contribution is 5.85. The summed E-state index contributed by atoms with van der Waals surface area (Å²) < 4.78 is 12.1. The molecule has 0 aromatic heterocycles. The van der Waals surface area contributed by atoms with Crippen LogP contribution in [0, 0.1) is 45.3 Å². The van der Waals surface area contributed by atoms with Gasteiger partial charge in [-0.3, -0.25) is 4.79 Å². The lowest BCUT2D eigenvalue weighted by atomic mass is 9.41. The summed E-state index contributed by atoms with van der Waals surface area (Å²) in [6.45, 7) is 15.2. The van der Waals surface area contributed by atoms with Crippen molar-refractivity contribution < 1.29 is 24.5 Å². The van der Waals surface area contributed by atoms with Crippen molar-refractivity contribution in [2.75, 3.05) is 7.11 Å². The Labute approximate surface area is 218 Å². The van der Waals surface area contributed by atoms with E-state index in [0.717, 1.165) is 32.1 Å². The van der Waals surface area contributed by atoms with Crippen LogP contribution in [0.15, 0.2) is 11.6 Å². The van der Waals surface area contributed by atoms with Crippen molar-refractivity contribution in [2.45, 2.75) is 124 Å². The fraction of sp³-hybridized carbons (Fsp3) is 0.903. The Morgan fingerprint density at radius 3 is 2.44 bits per heavy atom. The van der Waals surface area contributed by atoms with Gasteiger partial charge in [-0.2, -0.15) is 0 Å². The molecule has 5 aliphatic rings. The Kier molecular flexibility index (Phi) is 6.24. The standard InChI is InChI=1S/C31H50O5/c1-27(2)23-10-9-21-20(29(23,5)14-13-24(27)32)12-16-30(6)19(11-15-31(21,30)7)18-17-22(36-26(18)35-8)25(33)28(3,4)34/h9,18-20,22-23,25-26,33-34H,10-17H2,1-8H3/t18-,19+,20-,22+,23+,25-,26-,29-,30-,31+/m0/s1. The summed E-state index contributed by atoms with van der Waals surface area (Å²) in [7, 11) is 1.71. The molecule has 5 heteroatoms. The number of Topliss-reactive ketones (excluding diaryl/α,β-unsaturated/α-hetero) is 1. The summed E-state index contributed by atoms with van der Waals surface area (Å²) >= 11 is 0. The summed E-state index contributed by atoms with van der Waals surface area (Å²) in [6, 6.07) is 0. The third kappa shape index (κ3) is 3.51. The summed E-state index contributed by atoms with van der Waals surface area (Å²) in [5, 5.41) is 21.2. The number of rotatable bonds is 4. The molecule has 4 fully saturated rings. The molecule has 0 spiro atoms. The normalized spacial score (nSPS) is 49.2. The number of aliphatic hydroxyl groups is 2. The highest BCUT2D eigenvalue weighted by Gasteiger charge is 2.66. The second-order valence-corrected chi connectivity index (χ2v) is 14.9. The number of hydrogen-bond donors (Lipinski definition) is 2. The first kappa shape index (κ1) is 26.8. The van der Waals surface area contributed by atoms with Crippen molar-refractivity contribution in [3.8, 4) is 0 Å². The molecule has 10 atom stereocenters. The lowest BCUT2D eigenvalue weighted by Gasteiger charge is -2.63. The third-order valence-corrected chi connectivity index (χ3v) is 12.6. The van der Waals surface area contributed by atoms with Crippen LogP contribution < -0.4 is 0 Å². The molecule has 3 saturated carbocycles. The maximum Gasteiger partial charge on any atom is 0.160 e. The van der Waals surface area contributed by atoms with Crippen LogP contribution in [0.2, 0.25) is 0 Å². The second-order valence-electron chi connectivity index (χ2n) is 14.9. The molecule has 5 rings (SSSR count). The fourth-order valence-electron chi connectivity index (χ4n) is 10.2. The van der Waals surface area contributed by atoms with Gasteiger partial charge in [0.05, 0.1) is 11.7 Å². The number of ketones is 1. The quantitative estimate of drug-likeness (QED) is 0.485.